The van der Waals surface area contributed by atoms with Crippen molar-refractivity contribution in [3.05, 3.63) is 29.8 Å². The Kier molecular flexibility index (Phi) is 10.1. The van der Waals surface area contributed by atoms with E-state index in [1.807, 2.05) is 12.1 Å². The van der Waals surface area contributed by atoms with Crippen molar-refractivity contribution in [2.24, 2.45) is 10.9 Å². The molecule has 1 atom stereocenters. The summed E-state index contributed by atoms with van der Waals surface area (Å²) >= 11 is 0. The van der Waals surface area contributed by atoms with Gasteiger partial charge in [0, 0.05) is 45.5 Å². The van der Waals surface area contributed by atoms with Gasteiger partial charge in [0.25, 0.3) is 0 Å². The van der Waals surface area contributed by atoms with Gasteiger partial charge in [-0.25, -0.2) is 8.42 Å². The number of aliphatic imine (C=N–C) groups is 1. The van der Waals surface area contributed by atoms with Crippen molar-refractivity contribution in [3.63, 3.8) is 0 Å². The van der Waals surface area contributed by atoms with Crippen molar-refractivity contribution in [2.45, 2.75) is 44.0 Å². The van der Waals surface area contributed by atoms with Crippen LogP contribution in [-0.2, 0) is 21.0 Å². The van der Waals surface area contributed by atoms with Gasteiger partial charge in [-0.3, -0.25) is 9.89 Å². The van der Waals surface area contributed by atoms with Gasteiger partial charge in [0.15, 0.2) is 15.8 Å². The molecule has 1 aromatic carbocycles. The second kappa shape index (κ2) is 12.3. The van der Waals surface area contributed by atoms with Crippen LogP contribution in [0.5, 0.6) is 0 Å². The van der Waals surface area contributed by atoms with Gasteiger partial charge in [-0.1, -0.05) is 38.8 Å². The van der Waals surface area contributed by atoms with Gasteiger partial charge in [0.05, 0.1) is 18.1 Å². The van der Waals surface area contributed by atoms with Crippen molar-refractivity contribution in [1.29, 1.82) is 0 Å². The molecule has 0 radical (unpaired) electrons. The van der Waals surface area contributed by atoms with Gasteiger partial charge < -0.3 is 15.4 Å². The first-order chi connectivity index (χ1) is 14.4. The molecule has 0 aromatic heterocycles. The maximum atomic E-state index is 11.6. The fourth-order valence-electron chi connectivity index (χ4n) is 3.99. The monoisotopic (exact) mass is 438 g/mol. The van der Waals surface area contributed by atoms with Crippen molar-refractivity contribution in [1.82, 2.24) is 15.5 Å². The van der Waals surface area contributed by atoms with Crippen LogP contribution in [0.25, 0.3) is 0 Å². The Hall–Kier alpha value is -1.64. The highest BCUT2D eigenvalue weighted by Gasteiger charge is 2.26. The fraction of sp³-hybridized carbons (Fsp3) is 0.682. The highest BCUT2D eigenvalue weighted by atomic mass is 32.2. The highest BCUT2D eigenvalue weighted by Crippen LogP contribution is 2.19. The molecule has 1 unspecified atom stereocenters. The lowest BCUT2D eigenvalue weighted by molar-refractivity contribution is 0.00272. The Morgan fingerprint density at radius 1 is 1.13 bits per heavy atom. The van der Waals surface area contributed by atoms with Crippen molar-refractivity contribution >= 4 is 15.8 Å². The summed E-state index contributed by atoms with van der Waals surface area (Å²) in [6, 6.07) is 7.54. The Labute approximate surface area is 182 Å². The van der Waals surface area contributed by atoms with Crippen LogP contribution in [0.1, 0.15) is 32.3 Å². The Bertz CT molecular complexity index is 755. The number of guanidine groups is 1. The molecule has 0 saturated carbocycles. The molecule has 2 N–H and O–H groups in total. The van der Waals surface area contributed by atoms with E-state index in [2.05, 4.69) is 34.4 Å². The molecule has 2 rings (SSSR count). The molecule has 1 aliphatic heterocycles. The molecule has 1 saturated heterocycles. The van der Waals surface area contributed by atoms with E-state index in [4.69, 9.17) is 4.74 Å². The molecular weight excluding hydrogens is 400 g/mol. The largest absolute Gasteiger partial charge is 0.379 e. The quantitative estimate of drug-likeness (QED) is 0.429. The lowest BCUT2D eigenvalue weighted by atomic mass is 9.92. The third-order valence-corrected chi connectivity index (χ3v) is 7.00. The third-order valence-electron chi connectivity index (χ3n) is 5.87. The first kappa shape index (κ1) is 24.6. The van der Waals surface area contributed by atoms with E-state index in [9.17, 15) is 8.42 Å². The standard InChI is InChI=1S/C22H38N4O3S/c1-5-19(6-2)21(26-13-15-29-16-14-26)17-25-22(23-3)24-12-11-18-7-9-20(10-8-18)30(4,27)28/h7-10,19,21H,5-6,11-17H2,1-4H3,(H2,23,24,25). The smallest absolute Gasteiger partial charge is 0.191 e. The normalized spacial score (nSPS) is 17.2. The van der Waals surface area contributed by atoms with Crippen LogP contribution in [0.2, 0.25) is 0 Å². The number of morpholine rings is 1. The predicted octanol–water partition coefficient (Wildman–Crippen LogP) is 1.93. The molecule has 1 heterocycles. The average Bonchev–Trinajstić information content (AvgIpc) is 2.75. The van der Waals surface area contributed by atoms with Crippen LogP contribution in [0.3, 0.4) is 0 Å². The van der Waals surface area contributed by atoms with Gasteiger partial charge >= 0.3 is 0 Å². The van der Waals surface area contributed by atoms with Crippen LogP contribution in [0.15, 0.2) is 34.2 Å². The Morgan fingerprint density at radius 3 is 2.30 bits per heavy atom. The number of rotatable bonds is 10. The van der Waals surface area contributed by atoms with E-state index in [-0.39, 0.29) is 0 Å². The number of benzene rings is 1. The number of sulfone groups is 1. The maximum Gasteiger partial charge on any atom is 0.191 e. The van der Waals surface area contributed by atoms with E-state index in [1.54, 1.807) is 19.2 Å². The fourth-order valence-corrected chi connectivity index (χ4v) is 4.62. The van der Waals surface area contributed by atoms with Crippen LogP contribution in [-0.4, -0.2) is 78.0 Å². The number of hydrogen-bond acceptors (Lipinski definition) is 5. The minimum absolute atomic E-state index is 0.354. The van der Waals surface area contributed by atoms with Gasteiger partial charge in [-0.05, 0) is 30.0 Å². The zero-order valence-electron chi connectivity index (χ0n) is 18.9. The number of ether oxygens (including phenoxy) is 1. The minimum atomic E-state index is -3.15. The molecule has 8 heteroatoms. The molecule has 1 aromatic rings. The summed E-state index contributed by atoms with van der Waals surface area (Å²) in [5.41, 5.74) is 1.09. The topological polar surface area (TPSA) is 83.0 Å². The maximum absolute atomic E-state index is 11.6. The van der Waals surface area contributed by atoms with E-state index < -0.39 is 9.84 Å². The summed E-state index contributed by atoms with van der Waals surface area (Å²) in [5.74, 6) is 1.44. The zero-order chi connectivity index (χ0) is 22.0. The van der Waals surface area contributed by atoms with Crippen molar-refractivity contribution in [3.8, 4) is 0 Å². The molecule has 170 valence electrons. The second-order valence-corrected chi connectivity index (χ2v) is 9.85. The van der Waals surface area contributed by atoms with E-state index in [0.29, 0.717) is 16.9 Å². The molecule has 1 fully saturated rings. The molecule has 7 nitrogen and oxygen atoms in total. The first-order valence-electron chi connectivity index (χ1n) is 10.9. The van der Waals surface area contributed by atoms with Crippen molar-refractivity contribution < 1.29 is 13.2 Å². The second-order valence-electron chi connectivity index (χ2n) is 7.84. The summed E-state index contributed by atoms with van der Waals surface area (Å²) < 4.78 is 28.7. The van der Waals surface area contributed by atoms with Gasteiger partial charge in [-0.15, -0.1) is 0 Å². The molecule has 30 heavy (non-hydrogen) atoms. The van der Waals surface area contributed by atoms with Crippen LogP contribution >= 0.6 is 0 Å². The van der Waals surface area contributed by atoms with Gasteiger partial charge in [0.1, 0.15) is 0 Å². The van der Waals surface area contributed by atoms with Crippen LogP contribution in [0, 0.1) is 5.92 Å². The van der Waals surface area contributed by atoms with Crippen molar-refractivity contribution in [2.75, 3.05) is 52.7 Å². The number of nitrogens with one attached hydrogen (secondary N) is 2. The molecular formula is C22H38N4O3S. The summed E-state index contributed by atoms with van der Waals surface area (Å²) in [4.78, 5) is 7.27. The van der Waals surface area contributed by atoms with E-state index >= 15 is 0 Å². The first-order valence-corrected chi connectivity index (χ1v) is 12.8. The lowest BCUT2D eigenvalue weighted by Crippen LogP contribution is -2.53. The molecule has 0 amide bonds. The minimum Gasteiger partial charge on any atom is -0.379 e. The van der Waals surface area contributed by atoms with E-state index in [1.165, 1.54) is 6.26 Å². The van der Waals surface area contributed by atoms with Crippen LogP contribution in [0.4, 0.5) is 0 Å². The van der Waals surface area contributed by atoms with Gasteiger partial charge in [-0.2, -0.15) is 0 Å². The molecule has 0 bridgehead atoms. The number of nitrogens with zero attached hydrogens (tertiary/aromatic N) is 2. The summed E-state index contributed by atoms with van der Waals surface area (Å²) in [5, 5.41) is 6.88. The molecule has 0 spiro atoms. The molecule has 0 aliphatic carbocycles. The number of hydrogen-bond donors (Lipinski definition) is 2. The van der Waals surface area contributed by atoms with E-state index in [0.717, 1.165) is 70.2 Å². The lowest BCUT2D eigenvalue weighted by Gasteiger charge is -2.39. The Morgan fingerprint density at radius 2 is 1.77 bits per heavy atom. The van der Waals surface area contributed by atoms with Crippen LogP contribution < -0.4 is 10.6 Å². The summed E-state index contributed by atoms with van der Waals surface area (Å²) in [6.07, 6.45) is 4.35. The zero-order valence-corrected chi connectivity index (χ0v) is 19.7. The Balaban J connectivity index is 1.86. The third kappa shape index (κ3) is 7.56. The predicted molar refractivity (Wildman–Crippen MR) is 123 cm³/mol. The SMILES string of the molecule is CCC(CC)C(CNC(=NC)NCCc1ccc(S(C)(=O)=O)cc1)N1CCOCC1. The van der Waals surface area contributed by atoms with Gasteiger partial charge in [0.2, 0.25) is 0 Å². The summed E-state index contributed by atoms with van der Waals surface area (Å²) in [7, 11) is -1.36. The molecule has 1 aliphatic rings. The summed E-state index contributed by atoms with van der Waals surface area (Å²) in [6.45, 7) is 9.70. The highest BCUT2D eigenvalue weighted by molar-refractivity contribution is 7.90. The average molecular weight is 439 g/mol.